The minimum Gasteiger partial charge on any atom is -0.396 e. The van der Waals surface area contributed by atoms with Crippen molar-refractivity contribution in [1.29, 1.82) is 0 Å². The maximum Gasteiger partial charge on any atom is 0.248 e. The lowest BCUT2D eigenvalue weighted by Gasteiger charge is -2.17. The zero-order chi connectivity index (χ0) is 13.7. The number of aliphatic hydroxyl groups excluding tert-OH is 1. The fourth-order valence-electron chi connectivity index (χ4n) is 2.25. The van der Waals surface area contributed by atoms with E-state index in [0.717, 1.165) is 11.1 Å². The van der Waals surface area contributed by atoms with Gasteiger partial charge < -0.3 is 10.8 Å². The second-order valence-corrected chi connectivity index (χ2v) is 4.52. The molecular weight excluding hydrogens is 238 g/mol. The molecule has 0 heterocycles. The molecule has 1 unspecified atom stereocenters. The van der Waals surface area contributed by atoms with E-state index >= 15 is 0 Å². The highest BCUT2D eigenvalue weighted by Gasteiger charge is 2.17. The van der Waals surface area contributed by atoms with Crippen molar-refractivity contribution in [2.24, 2.45) is 5.73 Å². The summed E-state index contributed by atoms with van der Waals surface area (Å²) in [7, 11) is 0. The first-order valence-electron chi connectivity index (χ1n) is 6.26. The Morgan fingerprint density at radius 3 is 2.32 bits per heavy atom. The molecule has 3 nitrogen and oxygen atoms in total. The summed E-state index contributed by atoms with van der Waals surface area (Å²) in [5.74, 6) is -0.576. The van der Waals surface area contributed by atoms with Gasteiger partial charge in [-0.15, -0.1) is 0 Å². The second kappa shape index (κ2) is 6.16. The van der Waals surface area contributed by atoms with E-state index in [9.17, 15) is 9.90 Å². The van der Waals surface area contributed by atoms with E-state index in [1.807, 2.05) is 42.5 Å². The summed E-state index contributed by atoms with van der Waals surface area (Å²) >= 11 is 0. The average Bonchev–Trinajstić information content (AvgIpc) is 2.46. The third-order valence-corrected chi connectivity index (χ3v) is 3.21. The lowest BCUT2D eigenvalue weighted by atomic mass is 9.89. The molecule has 0 aliphatic rings. The van der Waals surface area contributed by atoms with Crippen LogP contribution in [0.5, 0.6) is 0 Å². The summed E-state index contributed by atoms with van der Waals surface area (Å²) < 4.78 is 0. The van der Waals surface area contributed by atoms with Crippen molar-refractivity contribution in [3.8, 4) is 0 Å². The molecule has 0 spiro atoms. The maximum atomic E-state index is 11.4. The summed E-state index contributed by atoms with van der Waals surface area (Å²) in [5.41, 5.74) is 7.80. The topological polar surface area (TPSA) is 63.3 Å². The van der Waals surface area contributed by atoms with E-state index in [-0.39, 0.29) is 12.5 Å². The highest BCUT2D eigenvalue weighted by atomic mass is 16.3. The molecule has 2 aromatic rings. The van der Waals surface area contributed by atoms with E-state index in [1.165, 1.54) is 0 Å². The predicted molar refractivity (Wildman–Crippen MR) is 74.9 cm³/mol. The Balaban J connectivity index is 2.30. The molecule has 1 amide bonds. The van der Waals surface area contributed by atoms with Gasteiger partial charge in [0, 0.05) is 11.5 Å². The van der Waals surface area contributed by atoms with Crippen molar-refractivity contribution in [3.63, 3.8) is 0 Å². The van der Waals surface area contributed by atoms with Crippen molar-refractivity contribution in [2.45, 2.75) is 12.3 Å². The third-order valence-electron chi connectivity index (χ3n) is 3.21. The van der Waals surface area contributed by atoms with Crippen LogP contribution in [0, 0.1) is 0 Å². The number of hydrogen-bond acceptors (Lipinski definition) is 2. The minimum absolute atomic E-state index is 0.0147. The van der Waals surface area contributed by atoms with Crippen molar-refractivity contribution < 1.29 is 9.90 Å². The normalized spacial score (nSPS) is 12.1. The van der Waals surface area contributed by atoms with Crippen LogP contribution in [0.2, 0.25) is 0 Å². The first kappa shape index (κ1) is 13.3. The molecule has 0 saturated heterocycles. The van der Waals surface area contributed by atoms with Crippen LogP contribution >= 0.6 is 0 Å². The van der Waals surface area contributed by atoms with Crippen LogP contribution in [0.3, 0.4) is 0 Å². The molecule has 0 bridgehead atoms. The van der Waals surface area contributed by atoms with Crippen molar-refractivity contribution >= 4 is 5.91 Å². The molecule has 0 aliphatic heterocycles. The molecule has 2 rings (SSSR count). The summed E-state index contributed by atoms with van der Waals surface area (Å²) in [6.07, 6.45) is 0.682. The molecule has 0 aromatic heterocycles. The van der Waals surface area contributed by atoms with Crippen molar-refractivity contribution in [1.82, 2.24) is 0 Å². The van der Waals surface area contributed by atoms with Gasteiger partial charge in [0.05, 0.1) is 6.61 Å². The van der Waals surface area contributed by atoms with Gasteiger partial charge in [0.15, 0.2) is 0 Å². The highest BCUT2D eigenvalue weighted by Crippen LogP contribution is 2.23. The summed E-state index contributed by atoms with van der Waals surface area (Å²) in [4.78, 5) is 11.4. The zero-order valence-electron chi connectivity index (χ0n) is 10.6. The van der Waals surface area contributed by atoms with Crippen LogP contribution in [-0.4, -0.2) is 17.6 Å². The predicted octanol–water partition coefficient (Wildman–Crippen LogP) is 2.10. The van der Waals surface area contributed by atoms with Gasteiger partial charge in [-0.05, 0) is 23.6 Å². The van der Waals surface area contributed by atoms with Gasteiger partial charge in [-0.25, -0.2) is 0 Å². The SMILES string of the molecule is NC(=O)c1ccccc1C(CO)Cc1ccccc1. The van der Waals surface area contributed by atoms with Crippen LogP contribution in [0.1, 0.15) is 27.4 Å². The number of primary amides is 1. The summed E-state index contributed by atoms with van der Waals surface area (Å²) in [6, 6.07) is 17.1. The molecule has 19 heavy (non-hydrogen) atoms. The molecule has 98 valence electrons. The first-order valence-corrected chi connectivity index (χ1v) is 6.26. The van der Waals surface area contributed by atoms with Crippen molar-refractivity contribution in [3.05, 3.63) is 71.3 Å². The molecule has 2 aromatic carbocycles. The maximum absolute atomic E-state index is 11.4. The van der Waals surface area contributed by atoms with Gasteiger partial charge in [-0.2, -0.15) is 0 Å². The van der Waals surface area contributed by atoms with Crippen LogP contribution in [0.15, 0.2) is 54.6 Å². The summed E-state index contributed by atoms with van der Waals surface area (Å²) in [5, 5.41) is 9.59. The van der Waals surface area contributed by atoms with Crippen molar-refractivity contribution in [2.75, 3.05) is 6.61 Å². The number of nitrogens with two attached hydrogens (primary N) is 1. The number of aliphatic hydroxyl groups is 1. The van der Waals surface area contributed by atoms with Crippen LogP contribution in [0.25, 0.3) is 0 Å². The number of carbonyl (C=O) groups is 1. The minimum atomic E-state index is -0.456. The summed E-state index contributed by atoms with van der Waals surface area (Å²) in [6.45, 7) is -0.0147. The smallest absolute Gasteiger partial charge is 0.248 e. The Kier molecular flexibility index (Phi) is 4.31. The Hall–Kier alpha value is -2.13. The molecule has 0 fully saturated rings. The lowest BCUT2D eigenvalue weighted by Crippen LogP contribution is -2.18. The quantitative estimate of drug-likeness (QED) is 0.859. The molecule has 3 heteroatoms. The number of amides is 1. The fraction of sp³-hybridized carbons (Fsp3) is 0.188. The second-order valence-electron chi connectivity index (χ2n) is 4.52. The average molecular weight is 255 g/mol. The van der Waals surface area contributed by atoms with Gasteiger partial charge in [0.2, 0.25) is 5.91 Å². The standard InChI is InChI=1S/C16H17NO2/c17-16(19)15-9-5-4-8-14(15)13(11-18)10-12-6-2-1-3-7-12/h1-9,13,18H,10-11H2,(H2,17,19). The first-order chi connectivity index (χ1) is 9.22. The number of carbonyl (C=O) groups excluding carboxylic acids is 1. The van der Waals surface area contributed by atoms with Gasteiger partial charge >= 0.3 is 0 Å². The van der Waals surface area contributed by atoms with Crippen LogP contribution in [-0.2, 0) is 6.42 Å². The fourth-order valence-corrected chi connectivity index (χ4v) is 2.25. The largest absolute Gasteiger partial charge is 0.396 e. The zero-order valence-corrected chi connectivity index (χ0v) is 10.6. The van der Waals surface area contributed by atoms with Gasteiger partial charge in [0.1, 0.15) is 0 Å². The number of hydrogen-bond donors (Lipinski definition) is 2. The van der Waals surface area contributed by atoms with E-state index in [2.05, 4.69) is 0 Å². The van der Waals surface area contributed by atoms with Crippen LogP contribution in [0.4, 0.5) is 0 Å². The van der Waals surface area contributed by atoms with E-state index < -0.39 is 5.91 Å². The van der Waals surface area contributed by atoms with E-state index in [4.69, 9.17) is 5.73 Å². The van der Waals surface area contributed by atoms with Gasteiger partial charge in [-0.1, -0.05) is 48.5 Å². The lowest BCUT2D eigenvalue weighted by molar-refractivity contribution is 0.0998. The Labute approximate surface area is 112 Å². The Bertz CT molecular complexity index is 552. The highest BCUT2D eigenvalue weighted by molar-refractivity contribution is 5.94. The monoisotopic (exact) mass is 255 g/mol. The number of rotatable bonds is 5. The van der Waals surface area contributed by atoms with Gasteiger partial charge in [-0.3, -0.25) is 4.79 Å². The van der Waals surface area contributed by atoms with Crippen LogP contribution < -0.4 is 5.73 Å². The number of benzene rings is 2. The third kappa shape index (κ3) is 3.20. The van der Waals surface area contributed by atoms with E-state index in [0.29, 0.717) is 12.0 Å². The Morgan fingerprint density at radius 1 is 1.05 bits per heavy atom. The molecular formula is C16H17NO2. The molecule has 3 N–H and O–H groups in total. The molecule has 0 saturated carbocycles. The Morgan fingerprint density at radius 2 is 1.68 bits per heavy atom. The van der Waals surface area contributed by atoms with E-state index in [1.54, 1.807) is 12.1 Å². The molecule has 0 aliphatic carbocycles. The molecule has 1 atom stereocenters. The van der Waals surface area contributed by atoms with Gasteiger partial charge in [0.25, 0.3) is 0 Å². The molecule has 0 radical (unpaired) electrons.